The molecule has 1 aromatic heterocycles. The minimum absolute atomic E-state index is 0.0465. The Hall–Kier alpha value is -3.69. The Morgan fingerprint density at radius 2 is 1.62 bits per heavy atom. The van der Waals surface area contributed by atoms with Gasteiger partial charge in [0, 0.05) is 5.56 Å². The van der Waals surface area contributed by atoms with E-state index in [-0.39, 0.29) is 11.3 Å². The number of aromatic carboxylic acids is 1. The second-order valence-electron chi connectivity index (χ2n) is 5.85. The molecular formula is C19H11F5N2O3. The van der Waals surface area contributed by atoms with Crippen molar-refractivity contribution >= 4 is 17.9 Å². The van der Waals surface area contributed by atoms with Gasteiger partial charge < -0.3 is 9.52 Å². The van der Waals surface area contributed by atoms with Crippen LogP contribution in [0.1, 0.15) is 21.7 Å². The van der Waals surface area contributed by atoms with Crippen molar-refractivity contribution in [3.8, 4) is 11.3 Å². The molecule has 0 amide bonds. The number of aryl methyl sites for hydroxylation is 1. The lowest BCUT2D eigenvalue weighted by Crippen LogP contribution is -2.06. The molecule has 2 aromatic carbocycles. The summed E-state index contributed by atoms with van der Waals surface area (Å²) in [7, 11) is 0. The summed E-state index contributed by atoms with van der Waals surface area (Å²) in [5.74, 6) is -11.3. The Kier molecular flexibility index (Phi) is 5.35. The van der Waals surface area contributed by atoms with Crippen LogP contribution < -0.4 is 5.43 Å². The minimum Gasteiger partial charge on any atom is -0.478 e. The maximum absolute atomic E-state index is 13.6. The molecule has 0 aliphatic heterocycles. The monoisotopic (exact) mass is 410 g/mol. The highest BCUT2D eigenvalue weighted by molar-refractivity contribution is 5.89. The highest BCUT2D eigenvalue weighted by Gasteiger charge is 2.25. The molecule has 0 aliphatic carbocycles. The average Bonchev–Trinajstić information content (AvgIpc) is 3.16. The Labute approximate surface area is 160 Å². The second-order valence-corrected chi connectivity index (χ2v) is 5.85. The first kappa shape index (κ1) is 20.1. The van der Waals surface area contributed by atoms with Crippen LogP contribution in [0.4, 0.5) is 27.6 Å². The molecule has 0 radical (unpaired) electrons. The number of hydrazone groups is 1. The lowest BCUT2D eigenvalue weighted by Gasteiger charge is -2.06. The zero-order chi connectivity index (χ0) is 21.3. The van der Waals surface area contributed by atoms with Gasteiger partial charge in [-0.1, -0.05) is 6.07 Å². The minimum atomic E-state index is -2.27. The molecule has 1 heterocycles. The van der Waals surface area contributed by atoms with E-state index in [0.717, 1.165) is 11.8 Å². The van der Waals surface area contributed by atoms with E-state index in [4.69, 9.17) is 9.52 Å². The summed E-state index contributed by atoms with van der Waals surface area (Å²) in [5, 5.41) is 12.5. The van der Waals surface area contributed by atoms with Crippen LogP contribution in [0.5, 0.6) is 0 Å². The van der Waals surface area contributed by atoms with Crippen LogP contribution in [0.3, 0.4) is 0 Å². The molecule has 10 heteroatoms. The SMILES string of the molecule is Cc1ccc(C(=O)O)cc1-c1ccc(C=NNc2c(F)c(F)c(F)c(F)c2F)o1. The molecule has 0 saturated heterocycles. The summed E-state index contributed by atoms with van der Waals surface area (Å²) in [6, 6.07) is 7.37. The zero-order valence-electron chi connectivity index (χ0n) is 14.6. The van der Waals surface area contributed by atoms with Crippen molar-refractivity contribution in [2.24, 2.45) is 5.10 Å². The molecule has 29 heavy (non-hydrogen) atoms. The lowest BCUT2D eigenvalue weighted by molar-refractivity contribution is 0.0697. The van der Waals surface area contributed by atoms with Gasteiger partial charge in [-0.15, -0.1) is 0 Å². The fourth-order valence-electron chi connectivity index (χ4n) is 2.45. The summed E-state index contributed by atoms with van der Waals surface area (Å²) >= 11 is 0. The van der Waals surface area contributed by atoms with Crippen LogP contribution in [-0.2, 0) is 0 Å². The zero-order valence-corrected chi connectivity index (χ0v) is 14.6. The fourth-order valence-corrected chi connectivity index (χ4v) is 2.45. The van der Waals surface area contributed by atoms with Crippen molar-refractivity contribution in [1.82, 2.24) is 0 Å². The number of nitrogens with zero attached hydrogens (tertiary/aromatic N) is 1. The van der Waals surface area contributed by atoms with Crippen LogP contribution in [-0.4, -0.2) is 17.3 Å². The largest absolute Gasteiger partial charge is 0.478 e. The first-order valence-corrected chi connectivity index (χ1v) is 7.95. The summed E-state index contributed by atoms with van der Waals surface area (Å²) < 4.78 is 71.9. The first-order valence-electron chi connectivity index (χ1n) is 7.95. The Bertz CT molecular complexity index is 1110. The normalized spacial score (nSPS) is 11.2. The molecule has 5 nitrogen and oxygen atoms in total. The van der Waals surface area contributed by atoms with Gasteiger partial charge in [-0.3, -0.25) is 5.43 Å². The van der Waals surface area contributed by atoms with Gasteiger partial charge in [0.2, 0.25) is 5.82 Å². The highest BCUT2D eigenvalue weighted by Crippen LogP contribution is 2.28. The van der Waals surface area contributed by atoms with E-state index in [0.29, 0.717) is 11.3 Å². The van der Waals surface area contributed by atoms with Crippen molar-refractivity contribution in [2.75, 3.05) is 5.43 Å². The number of furan rings is 1. The molecular weight excluding hydrogens is 399 g/mol. The molecule has 0 saturated carbocycles. The number of carbonyl (C=O) groups is 1. The van der Waals surface area contributed by atoms with Crippen molar-refractivity contribution in [2.45, 2.75) is 6.92 Å². The number of hydrogen-bond acceptors (Lipinski definition) is 4. The van der Waals surface area contributed by atoms with Gasteiger partial charge in [-0.2, -0.15) is 5.10 Å². The summed E-state index contributed by atoms with van der Waals surface area (Å²) in [6.07, 6.45) is 0.956. The molecule has 0 aliphatic rings. The topological polar surface area (TPSA) is 74.8 Å². The van der Waals surface area contributed by atoms with Gasteiger partial charge in [0.05, 0.1) is 11.8 Å². The van der Waals surface area contributed by atoms with E-state index in [9.17, 15) is 26.7 Å². The van der Waals surface area contributed by atoms with E-state index in [1.807, 2.05) is 0 Å². The smallest absolute Gasteiger partial charge is 0.335 e. The predicted molar refractivity (Wildman–Crippen MR) is 93.3 cm³/mol. The van der Waals surface area contributed by atoms with Crippen molar-refractivity contribution < 1.29 is 36.3 Å². The van der Waals surface area contributed by atoms with Crippen LogP contribution in [0.15, 0.2) is 39.9 Å². The third kappa shape index (κ3) is 3.82. The molecule has 150 valence electrons. The molecule has 0 bridgehead atoms. The van der Waals surface area contributed by atoms with Gasteiger partial charge in [-0.05, 0) is 36.8 Å². The third-order valence-electron chi connectivity index (χ3n) is 3.95. The Morgan fingerprint density at radius 3 is 2.24 bits per heavy atom. The standard InChI is InChI=1S/C19H11F5N2O3/c1-8-2-3-9(19(27)28)6-11(8)12-5-4-10(29-12)7-25-26-18-16(23)14(21)13(20)15(22)17(18)24/h2-7,26H,1H3,(H,27,28). The lowest BCUT2D eigenvalue weighted by atomic mass is 10.0. The first-order chi connectivity index (χ1) is 13.7. The van der Waals surface area contributed by atoms with Crippen molar-refractivity contribution in [3.63, 3.8) is 0 Å². The third-order valence-corrected chi connectivity index (χ3v) is 3.95. The molecule has 0 fully saturated rings. The maximum Gasteiger partial charge on any atom is 0.335 e. The molecule has 0 unspecified atom stereocenters. The number of carboxylic acids is 1. The molecule has 0 spiro atoms. The summed E-state index contributed by atoms with van der Waals surface area (Å²) in [4.78, 5) is 11.1. The number of halogens is 5. The van der Waals surface area contributed by atoms with E-state index < -0.39 is 40.7 Å². The van der Waals surface area contributed by atoms with Crippen molar-refractivity contribution in [3.05, 3.63) is 76.3 Å². The number of benzene rings is 2. The van der Waals surface area contributed by atoms with E-state index >= 15 is 0 Å². The number of anilines is 1. The highest BCUT2D eigenvalue weighted by atomic mass is 19.2. The van der Waals surface area contributed by atoms with Gasteiger partial charge in [0.15, 0.2) is 23.3 Å². The van der Waals surface area contributed by atoms with Crippen molar-refractivity contribution in [1.29, 1.82) is 0 Å². The average molecular weight is 410 g/mol. The number of rotatable bonds is 5. The van der Waals surface area contributed by atoms with Crippen LogP contribution >= 0.6 is 0 Å². The van der Waals surface area contributed by atoms with E-state index in [1.54, 1.807) is 18.4 Å². The predicted octanol–water partition coefficient (Wildman–Crippen LogP) is 5.09. The Balaban J connectivity index is 1.84. The second kappa shape index (κ2) is 7.74. The number of carboxylic acid groups (broad SMARTS) is 1. The number of hydrogen-bond donors (Lipinski definition) is 2. The van der Waals surface area contributed by atoms with Gasteiger partial charge in [-0.25, -0.2) is 26.7 Å². The molecule has 2 N–H and O–H groups in total. The fraction of sp³-hybridized carbons (Fsp3) is 0.0526. The summed E-state index contributed by atoms with van der Waals surface area (Å²) in [6.45, 7) is 1.74. The van der Waals surface area contributed by atoms with Crippen LogP contribution in [0.25, 0.3) is 11.3 Å². The Morgan fingerprint density at radius 1 is 1.00 bits per heavy atom. The molecule has 0 atom stereocenters. The van der Waals surface area contributed by atoms with Crippen LogP contribution in [0.2, 0.25) is 0 Å². The number of nitrogens with one attached hydrogen (secondary N) is 1. The van der Waals surface area contributed by atoms with Gasteiger partial charge >= 0.3 is 5.97 Å². The van der Waals surface area contributed by atoms with Crippen LogP contribution in [0, 0.1) is 36.0 Å². The molecule has 3 aromatic rings. The summed E-state index contributed by atoms with van der Waals surface area (Å²) in [5.41, 5.74) is 1.72. The van der Waals surface area contributed by atoms with Gasteiger partial charge in [0.1, 0.15) is 17.2 Å². The van der Waals surface area contributed by atoms with E-state index in [1.165, 1.54) is 24.3 Å². The van der Waals surface area contributed by atoms with Gasteiger partial charge in [0.25, 0.3) is 0 Å². The molecule has 3 rings (SSSR count). The quantitative estimate of drug-likeness (QED) is 0.202. The maximum atomic E-state index is 13.6. The van der Waals surface area contributed by atoms with E-state index in [2.05, 4.69) is 5.10 Å².